The minimum atomic E-state index is 0.411. The lowest BCUT2D eigenvalue weighted by Gasteiger charge is -2.22. The van der Waals surface area contributed by atoms with E-state index in [1.54, 1.807) is 0 Å². The summed E-state index contributed by atoms with van der Waals surface area (Å²) in [5, 5.41) is 0. The fourth-order valence-corrected chi connectivity index (χ4v) is 3.73. The third-order valence-corrected chi connectivity index (χ3v) is 4.96. The summed E-state index contributed by atoms with van der Waals surface area (Å²) in [5.41, 5.74) is 7.04. The van der Waals surface area contributed by atoms with Gasteiger partial charge < -0.3 is 0 Å². The summed E-state index contributed by atoms with van der Waals surface area (Å²) < 4.78 is 0. The van der Waals surface area contributed by atoms with E-state index in [2.05, 4.69) is 103 Å². The van der Waals surface area contributed by atoms with E-state index < -0.39 is 0 Å². The number of allylic oxidation sites excluding steroid dienone is 4. The van der Waals surface area contributed by atoms with Gasteiger partial charge in [-0.15, -0.1) is 0 Å². The lowest BCUT2D eigenvalue weighted by Crippen LogP contribution is -2.07. The van der Waals surface area contributed by atoms with Gasteiger partial charge in [-0.3, -0.25) is 0 Å². The van der Waals surface area contributed by atoms with Gasteiger partial charge in [0, 0.05) is 5.92 Å². The average molecular weight is 322 g/mol. The highest BCUT2D eigenvalue weighted by Gasteiger charge is 2.22. The van der Waals surface area contributed by atoms with Crippen LogP contribution >= 0.6 is 0 Å². The van der Waals surface area contributed by atoms with Crippen LogP contribution in [0.5, 0.6) is 0 Å². The van der Waals surface area contributed by atoms with Crippen molar-refractivity contribution in [2.45, 2.75) is 18.8 Å². The van der Waals surface area contributed by atoms with Crippen molar-refractivity contribution in [1.29, 1.82) is 0 Å². The number of hydrogen-bond donors (Lipinski definition) is 0. The summed E-state index contributed by atoms with van der Waals surface area (Å²) in [5.74, 6) is 0.411. The summed E-state index contributed by atoms with van der Waals surface area (Å²) in [6, 6.07) is 32.5. The first-order valence-electron chi connectivity index (χ1n) is 8.96. The fraction of sp³-hybridized carbons (Fsp3) is 0.120. The van der Waals surface area contributed by atoms with Crippen molar-refractivity contribution in [3.63, 3.8) is 0 Å². The zero-order valence-corrected chi connectivity index (χ0v) is 14.3. The molecule has 0 radical (unpaired) electrons. The molecule has 25 heavy (non-hydrogen) atoms. The SMILES string of the molecule is C1=CC(c2ccccc2)=C(C(Cc2ccccc2)c2ccccc2)C1. The van der Waals surface area contributed by atoms with Gasteiger partial charge in [-0.2, -0.15) is 0 Å². The molecule has 1 aliphatic rings. The first-order chi connectivity index (χ1) is 12.4. The molecule has 1 unspecified atom stereocenters. The topological polar surface area (TPSA) is 0 Å². The van der Waals surface area contributed by atoms with E-state index in [0.717, 1.165) is 12.8 Å². The summed E-state index contributed by atoms with van der Waals surface area (Å²) >= 11 is 0. The smallest absolute Gasteiger partial charge is 0.0101 e. The molecular formula is C25H22. The molecule has 0 heteroatoms. The largest absolute Gasteiger partial charge is 0.0798 e. The van der Waals surface area contributed by atoms with Crippen LogP contribution in [0, 0.1) is 0 Å². The lowest BCUT2D eigenvalue weighted by molar-refractivity contribution is 0.774. The first kappa shape index (κ1) is 15.7. The first-order valence-corrected chi connectivity index (χ1v) is 8.96. The zero-order valence-electron chi connectivity index (χ0n) is 14.3. The Bertz CT molecular complexity index is 871. The molecule has 3 aromatic rings. The van der Waals surface area contributed by atoms with Crippen LogP contribution in [0.15, 0.2) is 109 Å². The molecule has 3 aromatic carbocycles. The van der Waals surface area contributed by atoms with Gasteiger partial charge in [0.2, 0.25) is 0 Å². The molecule has 0 aromatic heterocycles. The third kappa shape index (κ3) is 3.49. The van der Waals surface area contributed by atoms with E-state index in [1.807, 2.05) is 0 Å². The van der Waals surface area contributed by atoms with Crippen molar-refractivity contribution in [2.24, 2.45) is 0 Å². The highest BCUT2D eigenvalue weighted by atomic mass is 14.3. The van der Waals surface area contributed by atoms with E-state index >= 15 is 0 Å². The monoisotopic (exact) mass is 322 g/mol. The van der Waals surface area contributed by atoms with Gasteiger partial charge >= 0.3 is 0 Å². The summed E-state index contributed by atoms with van der Waals surface area (Å²) in [6.45, 7) is 0. The summed E-state index contributed by atoms with van der Waals surface area (Å²) in [6.07, 6.45) is 6.68. The molecule has 0 heterocycles. The summed E-state index contributed by atoms with van der Waals surface area (Å²) in [7, 11) is 0. The second kappa shape index (κ2) is 7.36. The second-order valence-electron chi connectivity index (χ2n) is 6.56. The van der Waals surface area contributed by atoms with Crippen molar-refractivity contribution in [1.82, 2.24) is 0 Å². The molecule has 0 spiro atoms. The van der Waals surface area contributed by atoms with Gasteiger partial charge in [0.1, 0.15) is 0 Å². The van der Waals surface area contributed by atoms with Gasteiger partial charge in [0.25, 0.3) is 0 Å². The minimum Gasteiger partial charge on any atom is -0.0798 e. The van der Waals surface area contributed by atoms with Gasteiger partial charge in [0.15, 0.2) is 0 Å². The molecule has 1 atom stereocenters. The number of benzene rings is 3. The molecule has 0 fully saturated rings. The second-order valence-corrected chi connectivity index (χ2v) is 6.56. The molecule has 0 aliphatic heterocycles. The molecule has 122 valence electrons. The van der Waals surface area contributed by atoms with Crippen molar-refractivity contribution >= 4 is 5.57 Å². The molecule has 0 saturated heterocycles. The van der Waals surface area contributed by atoms with E-state index in [-0.39, 0.29) is 0 Å². The standard InChI is InChI=1S/C25H22/c1-4-11-20(12-5-1)19-25(22-15-8-3-9-16-22)24-18-10-17-23(24)21-13-6-2-7-14-21/h1-17,25H,18-19H2. The highest BCUT2D eigenvalue weighted by Crippen LogP contribution is 2.39. The van der Waals surface area contributed by atoms with E-state index in [0.29, 0.717) is 5.92 Å². The Kier molecular flexibility index (Phi) is 4.61. The molecule has 4 rings (SSSR count). The molecule has 0 N–H and O–H groups in total. The van der Waals surface area contributed by atoms with E-state index in [4.69, 9.17) is 0 Å². The Morgan fingerprint density at radius 1 is 0.680 bits per heavy atom. The van der Waals surface area contributed by atoms with Crippen LogP contribution < -0.4 is 0 Å². The maximum Gasteiger partial charge on any atom is 0.0101 e. The van der Waals surface area contributed by atoms with Crippen molar-refractivity contribution < 1.29 is 0 Å². The van der Waals surface area contributed by atoms with E-state index in [1.165, 1.54) is 27.8 Å². The maximum absolute atomic E-state index is 2.30. The van der Waals surface area contributed by atoms with Crippen LogP contribution in [0.3, 0.4) is 0 Å². The summed E-state index contributed by atoms with van der Waals surface area (Å²) in [4.78, 5) is 0. The average Bonchev–Trinajstić information content (AvgIpc) is 3.18. The molecule has 1 aliphatic carbocycles. The number of rotatable bonds is 5. The van der Waals surface area contributed by atoms with Crippen LogP contribution in [0.1, 0.15) is 29.0 Å². The van der Waals surface area contributed by atoms with Gasteiger partial charge in [-0.05, 0) is 35.1 Å². The molecule has 0 bridgehead atoms. The number of hydrogen-bond acceptors (Lipinski definition) is 0. The van der Waals surface area contributed by atoms with Crippen molar-refractivity contribution in [3.05, 3.63) is 125 Å². The lowest BCUT2D eigenvalue weighted by atomic mass is 9.82. The zero-order chi connectivity index (χ0) is 16.9. The van der Waals surface area contributed by atoms with Gasteiger partial charge in [0.05, 0.1) is 0 Å². The van der Waals surface area contributed by atoms with Crippen molar-refractivity contribution in [2.75, 3.05) is 0 Å². The highest BCUT2D eigenvalue weighted by molar-refractivity contribution is 5.80. The van der Waals surface area contributed by atoms with Crippen LogP contribution in [0.2, 0.25) is 0 Å². The quantitative estimate of drug-likeness (QED) is 0.508. The van der Waals surface area contributed by atoms with Crippen LogP contribution in [0.25, 0.3) is 5.57 Å². The van der Waals surface area contributed by atoms with Crippen LogP contribution in [-0.4, -0.2) is 0 Å². The third-order valence-electron chi connectivity index (χ3n) is 4.96. The Morgan fingerprint density at radius 3 is 1.96 bits per heavy atom. The predicted octanol–water partition coefficient (Wildman–Crippen LogP) is 6.43. The maximum atomic E-state index is 2.30. The molecule has 0 nitrogen and oxygen atoms in total. The minimum absolute atomic E-state index is 0.411. The van der Waals surface area contributed by atoms with Crippen molar-refractivity contribution in [3.8, 4) is 0 Å². The molecule has 0 amide bonds. The fourth-order valence-electron chi connectivity index (χ4n) is 3.73. The molecule has 0 saturated carbocycles. The Labute approximate surface area is 150 Å². The Hall–Kier alpha value is -2.86. The van der Waals surface area contributed by atoms with E-state index in [9.17, 15) is 0 Å². The van der Waals surface area contributed by atoms with Crippen LogP contribution in [-0.2, 0) is 6.42 Å². The normalized spacial score (nSPS) is 14.7. The Morgan fingerprint density at radius 2 is 1.28 bits per heavy atom. The van der Waals surface area contributed by atoms with Gasteiger partial charge in [-0.1, -0.05) is 109 Å². The molecular weight excluding hydrogens is 300 g/mol. The van der Waals surface area contributed by atoms with Gasteiger partial charge in [-0.25, -0.2) is 0 Å². The Balaban J connectivity index is 1.78. The predicted molar refractivity (Wildman–Crippen MR) is 106 cm³/mol. The van der Waals surface area contributed by atoms with Crippen LogP contribution in [0.4, 0.5) is 0 Å².